The molecule has 148 valence electrons. The molecule has 0 spiro atoms. The van der Waals surface area contributed by atoms with Crippen LogP contribution in [0, 0.1) is 12.7 Å². The molecular formula is C21H26FN5O. The van der Waals surface area contributed by atoms with Gasteiger partial charge in [-0.15, -0.1) is 0 Å². The Kier molecular flexibility index (Phi) is 5.17. The summed E-state index contributed by atoms with van der Waals surface area (Å²) in [6, 6.07) is 3.78. The number of nitrogens with one attached hydrogen (secondary N) is 2. The van der Waals surface area contributed by atoms with Gasteiger partial charge < -0.3 is 20.3 Å². The minimum atomic E-state index is -0.370. The molecule has 0 atom stereocenters. The van der Waals surface area contributed by atoms with E-state index >= 15 is 4.39 Å². The molecule has 2 N–H and O–H groups in total. The van der Waals surface area contributed by atoms with Crippen molar-refractivity contribution in [1.29, 1.82) is 0 Å². The minimum Gasteiger partial charge on any atom is -0.491 e. The van der Waals surface area contributed by atoms with Crippen molar-refractivity contribution in [3.05, 3.63) is 41.0 Å². The van der Waals surface area contributed by atoms with E-state index in [9.17, 15) is 0 Å². The number of pyridine rings is 2. The molecule has 0 saturated heterocycles. The molecule has 0 bridgehead atoms. The molecule has 0 fully saturated rings. The molecule has 2 aromatic heterocycles. The molecule has 4 heterocycles. The van der Waals surface area contributed by atoms with Gasteiger partial charge in [0.2, 0.25) is 0 Å². The number of hydrogen-bond donors (Lipinski definition) is 2. The second-order valence-corrected chi connectivity index (χ2v) is 7.38. The van der Waals surface area contributed by atoms with E-state index in [1.165, 1.54) is 0 Å². The lowest BCUT2D eigenvalue weighted by Crippen LogP contribution is -2.17. The molecule has 2 aliphatic rings. The molecular weight excluding hydrogens is 357 g/mol. The Morgan fingerprint density at radius 3 is 2.89 bits per heavy atom. The molecule has 0 aliphatic carbocycles. The molecule has 2 aromatic rings. The molecule has 0 radical (unpaired) electrons. The van der Waals surface area contributed by atoms with Crippen LogP contribution in [-0.4, -0.2) is 48.7 Å². The van der Waals surface area contributed by atoms with Crippen molar-refractivity contribution in [3.63, 3.8) is 0 Å². The summed E-state index contributed by atoms with van der Waals surface area (Å²) in [5.41, 5.74) is 4.11. The van der Waals surface area contributed by atoms with Gasteiger partial charge in [0.25, 0.3) is 0 Å². The summed E-state index contributed by atoms with van der Waals surface area (Å²) >= 11 is 0. The first-order chi connectivity index (χ1) is 13.5. The van der Waals surface area contributed by atoms with E-state index < -0.39 is 0 Å². The van der Waals surface area contributed by atoms with Crippen LogP contribution in [0.1, 0.15) is 29.8 Å². The van der Waals surface area contributed by atoms with Crippen LogP contribution in [0.5, 0.6) is 5.75 Å². The molecule has 0 unspecified atom stereocenters. The highest BCUT2D eigenvalue weighted by molar-refractivity contribution is 5.76. The Morgan fingerprint density at radius 1 is 1.21 bits per heavy atom. The van der Waals surface area contributed by atoms with Crippen molar-refractivity contribution in [2.45, 2.75) is 26.2 Å². The predicted molar refractivity (Wildman–Crippen MR) is 110 cm³/mol. The fourth-order valence-corrected chi connectivity index (χ4v) is 3.77. The Bertz CT molecular complexity index is 927. The zero-order chi connectivity index (χ0) is 19.7. The van der Waals surface area contributed by atoms with E-state index in [1.54, 1.807) is 0 Å². The lowest BCUT2D eigenvalue weighted by molar-refractivity contribution is 0.354. The number of ether oxygens (including phenoxy) is 1. The van der Waals surface area contributed by atoms with Crippen LogP contribution in [-0.2, 0) is 6.42 Å². The van der Waals surface area contributed by atoms with E-state index in [0.29, 0.717) is 30.2 Å². The van der Waals surface area contributed by atoms with Crippen molar-refractivity contribution in [1.82, 2.24) is 14.9 Å². The summed E-state index contributed by atoms with van der Waals surface area (Å²) in [6.45, 7) is 4.25. The van der Waals surface area contributed by atoms with Gasteiger partial charge in [-0.2, -0.15) is 0 Å². The van der Waals surface area contributed by atoms with Crippen LogP contribution < -0.4 is 15.4 Å². The fourth-order valence-electron chi connectivity index (χ4n) is 3.77. The van der Waals surface area contributed by atoms with Crippen LogP contribution in [0.15, 0.2) is 18.2 Å². The van der Waals surface area contributed by atoms with Crippen molar-refractivity contribution in [2.24, 2.45) is 0 Å². The average Bonchev–Trinajstić information content (AvgIpc) is 3.02. The Morgan fingerprint density at radius 2 is 2.07 bits per heavy atom. The predicted octanol–water partition coefficient (Wildman–Crippen LogP) is 3.75. The van der Waals surface area contributed by atoms with Gasteiger partial charge in [-0.05, 0) is 45.0 Å². The largest absolute Gasteiger partial charge is 0.491 e. The number of aromatic nitrogens is 2. The van der Waals surface area contributed by atoms with Gasteiger partial charge in [-0.25, -0.2) is 14.4 Å². The number of allylic oxidation sites excluding steroid dienone is 1. The van der Waals surface area contributed by atoms with Gasteiger partial charge in [0.05, 0.1) is 17.9 Å². The van der Waals surface area contributed by atoms with Gasteiger partial charge in [0.1, 0.15) is 5.82 Å². The molecule has 4 rings (SSSR count). The summed E-state index contributed by atoms with van der Waals surface area (Å²) in [5, 5.41) is 6.19. The second-order valence-electron chi connectivity index (χ2n) is 7.38. The van der Waals surface area contributed by atoms with Crippen molar-refractivity contribution >= 4 is 22.9 Å². The van der Waals surface area contributed by atoms with Crippen LogP contribution in [0.4, 0.5) is 21.7 Å². The molecule has 28 heavy (non-hydrogen) atoms. The highest BCUT2D eigenvalue weighted by Crippen LogP contribution is 2.40. The zero-order valence-electron chi connectivity index (χ0n) is 16.6. The third-order valence-electron chi connectivity index (χ3n) is 5.19. The number of likely N-dealkylation sites (N-methyl/N-ethyl adjacent to an activating group) is 1. The third-order valence-corrected chi connectivity index (χ3v) is 5.19. The Hall–Kier alpha value is -2.67. The molecule has 7 heteroatoms. The van der Waals surface area contributed by atoms with Crippen LogP contribution in [0.25, 0.3) is 5.57 Å². The summed E-state index contributed by atoms with van der Waals surface area (Å²) in [5.74, 6) is 1.01. The maximum atomic E-state index is 15.6. The van der Waals surface area contributed by atoms with E-state index in [0.717, 1.165) is 48.6 Å². The van der Waals surface area contributed by atoms with Crippen LogP contribution in [0.3, 0.4) is 0 Å². The van der Waals surface area contributed by atoms with E-state index in [1.807, 2.05) is 26.1 Å². The van der Waals surface area contributed by atoms with E-state index in [2.05, 4.69) is 38.6 Å². The Balaban J connectivity index is 1.76. The first kappa shape index (κ1) is 18.7. The monoisotopic (exact) mass is 383 g/mol. The summed E-state index contributed by atoms with van der Waals surface area (Å²) < 4.78 is 21.4. The highest BCUT2D eigenvalue weighted by atomic mass is 19.1. The lowest BCUT2D eigenvalue weighted by Gasteiger charge is -2.16. The topological polar surface area (TPSA) is 62.3 Å². The number of aryl methyl sites for hydroxylation is 1. The van der Waals surface area contributed by atoms with Gasteiger partial charge in [0, 0.05) is 37.5 Å². The van der Waals surface area contributed by atoms with Gasteiger partial charge >= 0.3 is 0 Å². The third kappa shape index (κ3) is 3.67. The SMILES string of the molecule is CNc1cc(C)nc(Nc2nc3c(c(C4=CCN(C)CCC4)c2F)OCC3)c1. The average molecular weight is 383 g/mol. The van der Waals surface area contributed by atoms with E-state index in [4.69, 9.17) is 4.74 Å². The summed E-state index contributed by atoms with van der Waals surface area (Å²) in [6.07, 6.45) is 4.62. The smallest absolute Gasteiger partial charge is 0.177 e. The van der Waals surface area contributed by atoms with Crippen LogP contribution in [0.2, 0.25) is 0 Å². The quantitative estimate of drug-likeness (QED) is 0.838. The molecule has 0 saturated carbocycles. The number of nitrogens with zero attached hydrogens (tertiary/aromatic N) is 3. The summed E-state index contributed by atoms with van der Waals surface area (Å²) in [4.78, 5) is 11.2. The zero-order valence-corrected chi connectivity index (χ0v) is 16.6. The maximum absolute atomic E-state index is 15.6. The number of hydrogen-bond acceptors (Lipinski definition) is 6. The molecule has 0 aromatic carbocycles. The number of anilines is 3. The number of rotatable bonds is 4. The van der Waals surface area contributed by atoms with Gasteiger partial charge in [-0.1, -0.05) is 6.08 Å². The van der Waals surface area contributed by atoms with Crippen molar-refractivity contribution in [3.8, 4) is 5.75 Å². The van der Waals surface area contributed by atoms with E-state index in [-0.39, 0.29) is 11.6 Å². The molecule has 6 nitrogen and oxygen atoms in total. The normalized spacial score (nSPS) is 16.8. The number of fused-ring (bicyclic) bond motifs is 1. The fraction of sp³-hybridized carbons (Fsp3) is 0.429. The molecule has 2 aliphatic heterocycles. The van der Waals surface area contributed by atoms with Crippen molar-refractivity contribution in [2.75, 3.05) is 44.4 Å². The number of halogens is 1. The standard InChI is InChI=1S/C21H26FN5O/c1-13-11-15(23-2)12-17(24-13)26-21-19(22)18(20-16(25-21)7-10-28-20)14-5-4-8-27(3)9-6-14/h6,11-12H,4-5,7-10H2,1-3H3,(H2,23,24,25,26). The first-order valence-corrected chi connectivity index (χ1v) is 9.71. The molecule has 0 amide bonds. The van der Waals surface area contributed by atoms with Gasteiger partial charge in [-0.3, -0.25) is 0 Å². The second kappa shape index (κ2) is 7.75. The highest BCUT2D eigenvalue weighted by Gasteiger charge is 2.28. The van der Waals surface area contributed by atoms with Crippen molar-refractivity contribution < 1.29 is 9.13 Å². The first-order valence-electron chi connectivity index (χ1n) is 9.71. The maximum Gasteiger partial charge on any atom is 0.177 e. The van der Waals surface area contributed by atoms with Gasteiger partial charge in [0.15, 0.2) is 17.4 Å². The lowest BCUT2D eigenvalue weighted by atomic mass is 9.99. The Labute approximate surface area is 164 Å². The van der Waals surface area contributed by atoms with Crippen LogP contribution >= 0.6 is 0 Å². The summed E-state index contributed by atoms with van der Waals surface area (Å²) in [7, 11) is 3.93. The minimum absolute atomic E-state index is 0.206.